The quantitative estimate of drug-likeness (QED) is 0.646. The van der Waals surface area contributed by atoms with Gasteiger partial charge in [0.05, 0.1) is 0 Å². The Bertz CT molecular complexity index is 910. The van der Waals surface area contributed by atoms with E-state index in [2.05, 4.69) is 4.98 Å². The van der Waals surface area contributed by atoms with Crippen molar-refractivity contribution in [2.45, 2.75) is 0 Å². The lowest BCUT2D eigenvalue weighted by molar-refractivity contribution is 0.0651. The van der Waals surface area contributed by atoms with E-state index >= 15 is 0 Å². The normalized spacial score (nSPS) is 13.8. The van der Waals surface area contributed by atoms with Crippen LogP contribution in [0.15, 0.2) is 54.9 Å². The minimum absolute atomic E-state index is 0.258. The smallest absolute Gasteiger partial charge is 0.261 e. The molecule has 1 aromatic heterocycles. The van der Waals surface area contributed by atoms with Gasteiger partial charge in [0.25, 0.3) is 11.8 Å². The molecule has 0 saturated heterocycles. The third-order valence-corrected chi connectivity index (χ3v) is 4.08. The average molecular weight is 288 g/mol. The van der Waals surface area contributed by atoms with Crippen LogP contribution < -0.4 is 0 Å². The first-order chi connectivity index (χ1) is 10.7. The Morgan fingerprint density at radius 3 is 2.32 bits per heavy atom. The van der Waals surface area contributed by atoms with Crippen molar-refractivity contribution in [3.8, 4) is 11.1 Å². The van der Waals surface area contributed by atoms with Crippen LogP contribution in [0.25, 0.3) is 21.9 Å². The maximum atomic E-state index is 12.4. The van der Waals surface area contributed by atoms with E-state index in [1.165, 1.54) is 11.9 Å². The number of nitrogens with zero attached hydrogens (tertiary/aromatic N) is 2. The lowest BCUT2D eigenvalue weighted by Gasteiger charge is -2.24. The van der Waals surface area contributed by atoms with Crippen LogP contribution in [0.4, 0.5) is 0 Å². The van der Waals surface area contributed by atoms with E-state index in [1.807, 2.05) is 30.3 Å². The molecule has 106 valence electrons. The maximum absolute atomic E-state index is 12.4. The molecular weight excluding hydrogens is 276 g/mol. The van der Waals surface area contributed by atoms with Gasteiger partial charge in [-0.25, -0.2) is 0 Å². The summed E-state index contributed by atoms with van der Waals surface area (Å²) in [6.07, 6.45) is 3.50. The van der Waals surface area contributed by atoms with E-state index in [9.17, 15) is 9.59 Å². The molecular formula is C18H12N2O2. The van der Waals surface area contributed by atoms with Crippen LogP contribution in [0.1, 0.15) is 20.7 Å². The molecule has 1 aliphatic rings. The van der Waals surface area contributed by atoms with E-state index in [0.29, 0.717) is 11.1 Å². The average Bonchev–Trinajstić information content (AvgIpc) is 2.58. The van der Waals surface area contributed by atoms with Gasteiger partial charge in [0.2, 0.25) is 0 Å². The standard InChI is InChI=1S/C18H12N2O2/c1-20-17(21)14-6-2-5-13-12(11-4-3-9-19-10-11)7-8-15(16(13)14)18(20)22/h2-10H,1H3. The van der Waals surface area contributed by atoms with Gasteiger partial charge >= 0.3 is 0 Å². The molecule has 4 heteroatoms. The number of aromatic nitrogens is 1. The molecule has 0 N–H and O–H groups in total. The molecule has 4 rings (SSSR count). The highest BCUT2D eigenvalue weighted by Crippen LogP contribution is 2.35. The van der Waals surface area contributed by atoms with E-state index in [-0.39, 0.29) is 11.8 Å². The second-order valence-electron chi connectivity index (χ2n) is 5.30. The maximum Gasteiger partial charge on any atom is 0.261 e. The van der Waals surface area contributed by atoms with Gasteiger partial charge in [-0.3, -0.25) is 19.5 Å². The number of imide groups is 1. The first-order valence-electron chi connectivity index (χ1n) is 6.97. The van der Waals surface area contributed by atoms with Crippen molar-refractivity contribution < 1.29 is 9.59 Å². The van der Waals surface area contributed by atoms with E-state index < -0.39 is 0 Å². The lowest BCUT2D eigenvalue weighted by atomic mass is 9.90. The van der Waals surface area contributed by atoms with Crippen molar-refractivity contribution in [3.63, 3.8) is 0 Å². The number of carbonyl (C=O) groups is 2. The summed E-state index contributed by atoms with van der Waals surface area (Å²) in [6.45, 7) is 0. The predicted molar refractivity (Wildman–Crippen MR) is 83.6 cm³/mol. The monoisotopic (exact) mass is 288 g/mol. The van der Waals surface area contributed by atoms with Gasteiger partial charge in [-0.15, -0.1) is 0 Å². The minimum atomic E-state index is -0.258. The minimum Gasteiger partial charge on any atom is -0.277 e. The second kappa shape index (κ2) is 4.49. The Morgan fingerprint density at radius 2 is 1.59 bits per heavy atom. The summed E-state index contributed by atoms with van der Waals surface area (Å²) in [4.78, 5) is 30.0. The summed E-state index contributed by atoms with van der Waals surface area (Å²) < 4.78 is 0. The Morgan fingerprint density at radius 1 is 0.864 bits per heavy atom. The van der Waals surface area contributed by atoms with Crippen molar-refractivity contribution in [1.29, 1.82) is 0 Å². The molecule has 3 aromatic rings. The number of benzene rings is 2. The fourth-order valence-electron chi connectivity index (χ4n) is 2.99. The summed E-state index contributed by atoms with van der Waals surface area (Å²) in [7, 11) is 1.52. The van der Waals surface area contributed by atoms with Crippen LogP contribution in [0.3, 0.4) is 0 Å². The third kappa shape index (κ3) is 1.61. The first kappa shape index (κ1) is 12.7. The molecule has 0 radical (unpaired) electrons. The molecule has 0 bridgehead atoms. The fraction of sp³-hybridized carbons (Fsp3) is 0.0556. The number of rotatable bonds is 1. The second-order valence-corrected chi connectivity index (χ2v) is 5.30. The Hall–Kier alpha value is -3.01. The number of hydrogen-bond donors (Lipinski definition) is 0. The summed E-state index contributed by atoms with van der Waals surface area (Å²) in [5, 5.41) is 1.63. The molecule has 0 atom stereocenters. The molecule has 2 aromatic carbocycles. The van der Waals surface area contributed by atoms with E-state index in [0.717, 1.165) is 21.9 Å². The zero-order chi connectivity index (χ0) is 15.3. The largest absolute Gasteiger partial charge is 0.277 e. The Labute approximate surface area is 127 Å². The molecule has 1 aliphatic heterocycles. The molecule has 0 aliphatic carbocycles. The van der Waals surface area contributed by atoms with Crippen molar-refractivity contribution in [1.82, 2.24) is 9.88 Å². The summed E-state index contributed by atoms with van der Waals surface area (Å²) >= 11 is 0. The van der Waals surface area contributed by atoms with Crippen LogP contribution in [0.2, 0.25) is 0 Å². The molecule has 22 heavy (non-hydrogen) atoms. The predicted octanol–water partition coefficient (Wildman–Crippen LogP) is 3.13. The lowest BCUT2D eigenvalue weighted by Crippen LogP contribution is -2.36. The number of pyridine rings is 1. The van der Waals surface area contributed by atoms with E-state index in [4.69, 9.17) is 0 Å². The van der Waals surface area contributed by atoms with Gasteiger partial charge in [0, 0.05) is 41.5 Å². The highest BCUT2D eigenvalue weighted by atomic mass is 16.2. The van der Waals surface area contributed by atoms with Gasteiger partial charge in [-0.2, -0.15) is 0 Å². The Kier molecular flexibility index (Phi) is 2.60. The van der Waals surface area contributed by atoms with Crippen LogP contribution >= 0.6 is 0 Å². The zero-order valence-corrected chi connectivity index (χ0v) is 11.9. The van der Waals surface area contributed by atoms with Crippen LogP contribution in [-0.2, 0) is 0 Å². The number of hydrogen-bond acceptors (Lipinski definition) is 3. The van der Waals surface area contributed by atoms with Gasteiger partial charge in [-0.05, 0) is 29.1 Å². The van der Waals surface area contributed by atoms with Crippen molar-refractivity contribution >= 4 is 22.6 Å². The van der Waals surface area contributed by atoms with E-state index in [1.54, 1.807) is 24.5 Å². The molecule has 2 heterocycles. The summed E-state index contributed by atoms with van der Waals surface area (Å²) in [5.74, 6) is -0.516. The van der Waals surface area contributed by atoms with Gasteiger partial charge in [0.15, 0.2) is 0 Å². The Balaban J connectivity index is 2.12. The number of carbonyl (C=O) groups excluding carboxylic acids is 2. The van der Waals surface area contributed by atoms with Crippen molar-refractivity contribution in [2.75, 3.05) is 7.05 Å². The molecule has 4 nitrogen and oxygen atoms in total. The van der Waals surface area contributed by atoms with Crippen molar-refractivity contribution in [3.05, 3.63) is 66.0 Å². The first-order valence-corrected chi connectivity index (χ1v) is 6.97. The fourth-order valence-corrected chi connectivity index (χ4v) is 2.99. The highest BCUT2D eigenvalue weighted by Gasteiger charge is 2.30. The number of amides is 2. The highest BCUT2D eigenvalue weighted by molar-refractivity contribution is 6.26. The van der Waals surface area contributed by atoms with Crippen molar-refractivity contribution in [2.24, 2.45) is 0 Å². The zero-order valence-electron chi connectivity index (χ0n) is 11.9. The van der Waals surface area contributed by atoms with Gasteiger partial charge in [-0.1, -0.05) is 24.3 Å². The molecule has 0 fully saturated rings. The topological polar surface area (TPSA) is 50.3 Å². The van der Waals surface area contributed by atoms with Crippen LogP contribution in [0, 0.1) is 0 Å². The summed E-state index contributed by atoms with van der Waals surface area (Å²) in [6, 6.07) is 13.1. The molecule has 0 saturated carbocycles. The molecule has 0 spiro atoms. The SMILES string of the molecule is CN1C(=O)c2cccc3c(-c4cccnc4)ccc(c23)C1=O. The molecule has 0 unspecified atom stereocenters. The van der Waals surface area contributed by atoms with Crippen LogP contribution in [-0.4, -0.2) is 28.7 Å². The third-order valence-electron chi connectivity index (χ3n) is 4.08. The summed E-state index contributed by atoms with van der Waals surface area (Å²) in [5.41, 5.74) is 3.07. The molecule has 2 amide bonds. The van der Waals surface area contributed by atoms with Gasteiger partial charge in [0.1, 0.15) is 0 Å². The van der Waals surface area contributed by atoms with Crippen LogP contribution in [0.5, 0.6) is 0 Å². The van der Waals surface area contributed by atoms with Gasteiger partial charge < -0.3 is 0 Å².